The van der Waals surface area contributed by atoms with E-state index in [1.165, 1.54) is 11.1 Å². The van der Waals surface area contributed by atoms with E-state index in [4.69, 9.17) is 9.84 Å². The number of aromatic nitrogens is 2. The van der Waals surface area contributed by atoms with E-state index in [0.717, 1.165) is 39.7 Å². The Hall–Kier alpha value is -3.82. The molecule has 0 fully saturated rings. The van der Waals surface area contributed by atoms with E-state index < -0.39 is 0 Å². The third kappa shape index (κ3) is 5.83. The molecule has 0 N–H and O–H groups in total. The Morgan fingerprint density at radius 1 is 0.727 bits per heavy atom. The second-order valence-corrected chi connectivity index (χ2v) is 12.9. The van der Waals surface area contributed by atoms with Gasteiger partial charge in [0.1, 0.15) is 0 Å². The van der Waals surface area contributed by atoms with Crippen molar-refractivity contribution in [2.75, 3.05) is 16.8 Å². The number of para-hydroxylation sites is 2. The molecule has 1 aliphatic heterocycles. The van der Waals surface area contributed by atoms with Crippen molar-refractivity contribution in [1.29, 1.82) is 0 Å². The molecule has 0 aliphatic carbocycles. The second kappa shape index (κ2) is 11.9. The average molecular weight is 763 g/mol. The summed E-state index contributed by atoms with van der Waals surface area (Å²) in [5, 5.41) is 5.04. The minimum absolute atomic E-state index is 0. The van der Waals surface area contributed by atoms with Crippen LogP contribution in [-0.2, 0) is 31.9 Å². The number of hydrogen-bond donors (Lipinski definition) is 0. The first-order valence-corrected chi connectivity index (χ1v) is 14.8. The molecule has 0 atom stereocenters. The van der Waals surface area contributed by atoms with Gasteiger partial charge in [-0.3, -0.25) is 4.68 Å². The first-order valence-electron chi connectivity index (χ1n) is 14.8. The summed E-state index contributed by atoms with van der Waals surface area (Å²) in [6.07, 6.45) is 0. The molecule has 0 amide bonds. The number of ether oxygens (including phenoxy) is 1. The van der Waals surface area contributed by atoms with Crippen LogP contribution in [0.3, 0.4) is 0 Å². The summed E-state index contributed by atoms with van der Waals surface area (Å²) in [6.45, 7) is 17.5. The Kier molecular flexibility index (Phi) is 8.57. The first kappa shape index (κ1) is 31.6. The van der Waals surface area contributed by atoms with Crippen LogP contribution in [0.4, 0.5) is 17.1 Å². The second-order valence-electron chi connectivity index (χ2n) is 12.9. The minimum Gasteiger partial charge on any atom is -0.509 e. The zero-order valence-electron chi connectivity index (χ0n) is 26.7. The molecular formula is C38H39N4OPt-3. The first-order chi connectivity index (χ1) is 20.4. The molecule has 6 heteroatoms. The van der Waals surface area contributed by atoms with Gasteiger partial charge in [0.05, 0.1) is 5.69 Å². The summed E-state index contributed by atoms with van der Waals surface area (Å²) in [6, 6.07) is 36.2. The SMILES string of the molecule is Cc1nn(-c2[c-]c(Oc3[c-]c(N4[CH-]N(C)c5ccccc54)ccc3)cc(C(C)(C)C)c2)c(C)c1C(C)(C)c1ccccc1.[Pt]. The summed E-state index contributed by atoms with van der Waals surface area (Å²) >= 11 is 0. The van der Waals surface area contributed by atoms with Crippen LogP contribution in [0, 0.1) is 32.6 Å². The molecular weight excluding hydrogens is 724 g/mol. The topological polar surface area (TPSA) is 33.5 Å². The van der Waals surface area contributed by atoms with Gasteiger partial charge in [0, 0.05) is 60.6 Å². The molecule has 0 saturated carbocycles. The van der Waals surface area contributed by atoms with Gasteiger partial charge in [0.2, 0.25) is 0 Å². The van der Waals surface area contributed by atoms with Crippen LogP contribution in [0.2, 0.25) is 0 Å². The molecule has 0 spiro atoms. The number of benzene rings is 4. The Morgan fingerprint density at radius 2 is 1.39 bits per heavy atom. The predicted molar refractivity (Wildman–Crippen MR) is 176 cm³/mol. The molecule has 0 saturated heterocycles. The third-order valence-corrected chi connectivity index (χ3v) is 8.38. The zero-order chi connectivity index (χ0) is 30.5. The smallest absolute Gasteiger partial charge is 0.0640 e. The van der Waals surface area contributed by atoms with E-state index in [2.05, 4.69) is 151 Å². The van der Waals surface area contributed by atoms with Crippen molar-refractivity contribution in [2.45, 2.75) is 59.3 Å². The van der Waals surface area contributed by atoms with Crippen molar-refractivity contribution in [3.63, 3.8) is 0 Å². The predicted octanol–water partition coefficient (Wildman–Crippen LogP) is 9.21. The van der Waals surface area contributed by atoms with E-state index in [1.54, 1.807) is 0 Å². The van der Waals surface area contributed by atoms with E-state index in [9.17, 15) is 0 Å². The number of hydrogen-bond acceptors (Lipinski definition) is 4. The van der Waals surface area contributed by atoms with Crippen molar-refractivity contribution in [3.8, 4) is 17.2 Å². The number of rotatable bonds is 6. The molecule has 1 aliphatic rings. The van der Waals surface area contributed by atoms with Crippen LogP contribution >= 0.6 is 0 Å². The van der Waals surface area contributed by atoms with Crippen LogP contribution in [0.1, 0.15) is 62.7 Å². The summed E-state index contributed by atoms with van der Waals surface area (Å²) in [5.74, 6) is 1.26. The maximum absolute atomic E-state index is 6.50. The van der Waals surface area contributed by atoms with E-state index in [0.29, 0.717) is 11.5 Å². The standard InChI is InChI=1S/C38H39N4O.Pt/c1-26-36(38(6,7)28-15-10-9-11-16-28)27(2)42(39-26)31-21-29(37(3,4)5)22-33(24-31)43-32-18-14-17-30(23-32)41-25-40(8)34-19-12-13-20-35(34)41;/h9-22,25H,1-8H3;/q-3;. The molecule has 230 valence electrons. The number of nitrogens with zero attached hydrogens (tertiary/aromatic N) is 4. The summed E-state index contributed by atoms with van der Waals surface area (Å²) < 4.78 is 8.52. The van der Waals surface area contributed by atoms with E-state index in [-0.39, 0.29) is 31.9 Å². The minimum atomic E-state index is -0.205. The maximum atomic E-state index is 6.50. The normalized spacial score (nSPS) is 13.1. The van der Waals surface area contributed by atoms with Crippen LogP contribution in [0.15, 0.2) is 84.9 Å². The van der Waals surface area contributed by atoms with E-state index >= 15 is 0 Å². The molecule has 5 nitrogen and oxygen atoms in total. The number of fused-ring (bicyclic) bond motifs is 1. The summed E-state index contributed by atoms with van der Waals surface area (Å²) in [7, 11) is 2.05. The van der Waals surface area contributed by atoms with Gasteiger partial charge in [0.25, 0.3) is 0 Å². The van der Waals surface area contributed by atoms with Gasteiger partial charge in [-0.25, -0.2) is 0 Å². The number of aryl methyl sites for hydroxylation is 1. The Labute approximate surface area is 276 Å². The fraction of sp³-hybridized carbons (Fsp3) is 0.263. The Morgan fingerprint density at radius 3 is 2.09 bits per heavy atom. The molecule has 1 aromatic heterocycles. The van der Waals surface area contributed by atoms with Crippen molar-refractivity contribution < 1.29 is 25.8 Å². The average Bonchev–Trinajstić information content (AvgIpc) is 3.48. The van der Waals surface area contributed by atoms with Gasteiger partial charge in [-0.15, -0.1) is 47.6 Å². The van der Waals surface area contributed by atoms with Gasteiger partial charge < -0.3 is 14.5 Å². The Balaban J connectivity index is 0.00000384. The molecule has 0 radical (unpaired) electrons. The monoisotopic (exact) mass is 762 g/mol. The van der Waals surface area contributed by atoms with Gasteiger partial charge >= 0.3 is 0 Å². The van der Waals surface area contributed by atoms with Crippen LogP contribution in [-0.4, -0.2) is 16.8 Å². The molecule has 0 bridgehead atoms. The summed E-state index contributed by atoms with van der Waals surface area (Å²) in [4.78, 5) is 4.25. The van der Waals surface area contributed by atoms with Crippen molar-refractivity contribution in [2.24, 2.45) is 0 Å². The molecule has 2 heterocycles. The largest absolute Gasteiger partial charge is 0.509 e. The quantitative estimate of drug-likeness (QED) is 0.162. The van der Waals surface area contributed by atoms with Crippen molar-refractivity contribution >= 4 is 17.1 Å². The van der Waals surface area contributed by atoms with Gasteiger partial charge in [0.15, 0.2) is 0 Å². The molecule has 5 aromatic rings. The number of anilines is 3. The van der Waals surface area contributed by atoms with Gasteiger partial charge in [-0.2, -0.15) is 17.8 Å². The fourth-order valence-corrected chi connectivity index (χ4v) is 6.12. The molecule has 0 unspecified atom stereocenters. The van der Waals surface area contributed by atoms with Gasteiger partial charge in [-0.1, -0.05) is 77.1 Å². The molecule has 4 aromatic carbocycles. The Bertz CT molecular complexity index is 1780. The fourth-order valence-electron chi connectivity index (χ4n) is 6.12. The molecule has 44 heavy (non-hydrogen) atoms. The van der Waals surface area contributed by atoms with E-state index in [1.807, 2.05) is 22.9 Å². The van der Waals surface area contributed by atoms with Crippen LogP contribution in [0.25, 0.3) is 5.69 Å². The maximum Gasteiger partial charge on any atom is 0.0640 e. The van der Waals surface area contributed by atoms with Gasteiger partial charge in [-0.05, 0) is 49.7 Å². The summed E-state index contributed by atoms with van der Waals surface area (Å²) in [5.41, 5.74) is 9.46. The van der Waals surface area contributed by atoms with Crippen molar-refractivity contribution in [3.05, 3.63) is 132 Å². The van der Waals surface area contributed by atoms with Crippen LogP contribution in [0.5, 0.6) is 11.5 Å². The molecule has 6 rings (SSSR count). The third-order valence-electron chi connectivity index (χ3n) is 8.38. The van der Waals surface area contributed by atoms with Crippen LogP contribution < -0.4 is 14.5 Å². The van der Waals surface area contributed by atoms with Crippen molar-refractivity contribution in [1.82, 2.24) is 9.78 Å². The zero-order valence-corrected chi connectivity index (χ0v) is 28.9.